The van der Waals surface area contributed by atoms with E-state index in [0.717, 1.165) is 19.3 Å². The predicted octanol–water partition coefficient (Wildman–Crippen LogP) is 0.553. The minimum absolute atomic E-state index is 0.00363. The third-order valence-corrected chi connectivity index (χ3v) is 6.90. The first kappa shape index (κ1) is 20.7. The number of pyridine rings is 1. The molecule has 1 N–H and O–H groups in total. The summed E-state index contributed by atoms with van der Waals surface area (Å²) in [7, 11) is -0.430. The number of carbonyl (C=O) groups is 2. The maximum Gasteiger partial charge on any atom is 0.244 e. The van der Waals surface area contributed by atoms with Crippen molar-refractivity contribution in [3.05, 3.63) is 18.3 Å². The van der Waals surface area contributed by atoms with Gasteiger partial charge in [-0.3, -0.25) is 9.59 Å². The van der Waals surface area contributed by atoms with E-state index < -0.39 is 10.0 Å². The van der Waals surface area contributed by atoms with Gasteiger partial charge in [-0.05, 0) is 25.0 Å². The summed E-state index contributed by atoms with van der Waals surface area (Å²) in [4.78, 5) is 28.9. The molecule has 0 bridgehead atoms. The van der Waals surface area contributed by atoms with Crippen molar-refractivity contribution in [2.75, 3.05) is 39.5 Å². The Kier molecular flexibility index (Phi) is 7.42. The number of likely N-dealkylation sites (N-methyl/N-ethyl adjacent to an activating group) is 2. The Labute approximate surface area is 158 Å². The monoisotopic (exact) mass is 400 g/mol. The molecule has 0 unspecified atom stereocenters. The zero-order valence-corrected chi connectivity index (χ0v) is 16.6. The molecule has 2 amide bonds. The number of thioether (sulfide) groups is 1. The smallest absolute Gasteiger partial charge is 0.244 e. The van der Waals surface area contributed by atoms with E-state index in [2.05, 4.69) is 10.3 Å². The summed E-state index contributed by atoms with van der Waals surface area (Å²) in [5.41, 5.74) is 0. The van der Waals surface area contributed by atoms with Crippen LogP contribution in [0.25, 0.3) is 0 Å². The topological polar surface area (TPSA) is 99.7 Å². The number of nitrogens with one attached hydrogen (secondary N) is 1. The van der Waals surface area contributed by atoms with E-state index in [0.29, 0.717) is 18.1 Å². The molecular weight excluding hydrogens is 376 g/mol. The van der Waals surface area contributed by atoms with Crippen LogP contribution < -0.4 is 5.32 Å². The summed E-state index contributed by atoms with van der Waals surface area (Å²) < 4.78 is 26.6. The van der Waals surface area contributed by atoms with E-state index >= 15 is 0 Å². The summed E-state index contributed by atoms with van der Waals surface area (Å²) in [6.07, 6.45) is 4.16. The molecule has 1 fully saturated rings. The zero-order valence-electron chi connectivity index (χ0n) is 15.0. The van der Waals surface area contributed by atoms with Crippen molar-refractivity contribution in [3.63, 3.8) is 0 Å². The van der Waals surface area contributed by atoms with Crippen LogP contribution in [-0.4, -0.2) is 73.9 Å². The summed E-state index contributed by atoms with van der Waals surface area (Å²) in [6.45, 7) is 1.09. The average Bonchev–Trinajstić information content (AvgIpc) is 2.66. The fraction of sp³-hybridized carbons (Fsp3) is 0.562. The molecular formula is C16H24N4O4S2. The van der Waals surface area contributed by atoms with Crippen LogP contribution in [0.1, 0.15) is 19.3 Å². The lowest BCUT2D eigenvalue weighted by atomic mass is 10.2. The number of aromatic nitrogens is 1. The number of nitrogens with zero attached hydrogens (tertiary/aromatic N) is 3. The van der Waals surface area contributed by atoms with Crippen molar-refractivity contribution in [1.29, 1.82) is 0 Å². The van der Waals surface area contributed by atoms with Crippen molar-refractivity contribution < 1.29 is 18.0 Å². The van der Waals surface area contributed by atoms with Gasteiger partial charge in [0.05, 0.1) is 17.3 Å². The number of amides is 2. The first-order valence-corrected chi connectivity index (χ1v) is 10.8. The van der Waals surface area contributed by atoms with Crippen molar-refractivity contribution >= 4 is 33.6 Å². The van der Waals surface area contributed by atoms with Gasteiger partial charge in [0.1, 0.15) is 4.90 Å². The molecule has 0 atom stereocenters. The molecule has 2 heterocycles. The van der Waals surface area contributed by atoms with E-state index in [9.17, 15) is 18.0 Å². The minimum atomic E-state index is -3.50. The molecule has 1 aromatic rings. The first-order valence-electron chi connectivity index (χ1n) is 8.38. The van der Waals surface area contributed by atoms with Crippen LogP contribution in [0.3, 0.4) is 0 Å². The molecule has 0 spiro atoms. The Morgan fingerprint density at radius 2 is 1.96 bits per heavy atom. The summed E-state index contributed by atoms with van der Waals surface area (Å²) >= 11 is 1.20. The highest BCUT2D eigenvalue weighted by Gasteiger charge is 2.26. The van der Waals surface area contributed by atoms with Gasteiger partial charge in [0.25, 0.3) is 0 Å². The Morgan fingerprint density at radius 1 is 1.27 bits per heavy atom. The van der Waals surface area contributed by atoms with Gasteiger partial charge in [-0.25, -0.2) is 13.4 Å². The Bertz CT molecular complexity index is 731. The predicted molar refractivity (Wildman–Crippen MR) is 99.3 cm³/mol. The lowest BCUT2D eigenvalue weighted by molar-refractivity contribution is -0.132. The second kappa shape index (κ2) is 9.33. The summed E-state index contributed by atoms with van der Waals surface area (Å²) in [6, 6.07) is 3.13. The molecule has 0 saturated carbocycles. The number of sulfonamides is 1. The lowest BCUT2D eigenvalue weighted by Gasteiger charge is -2.25. The number of carbonyl (C=O) groups excluding carboxylic acids is 2. The quantitative estimate of drug-likeness (QED) is 0.671. The molecule has 1 aliphatic heterocycles. The van der Waals surface area contributed by atoms with Gasteiger partial charge in [0.2, 0.25) is 21.8 Å². The zero-order chi connectivity index (χ0) is 19.2. The Balaban J connectivity index is 1.93. The minimum Gasteiger partial charge on any atom is -0.358 e. The number of hydrogen-bond acceptors (Lipinski definition) is 6. The third kappa shape index (κ3) is 5.42. The lowest BCUT2D eigenvalue weighted by Crippen LogP contribution is -2.37. The van der Waals surface area contributed by atoms with Crippen LogP contribution in [-0.2, 0) is 19.6 Å². The largest absolute Gasteiger partial charge is 0.358 e. The second-order valence-corrected chi connectivity index (χ2v) is 8.94. The van der Waals surface area contributed by atoms with Crippen molar-refractivity contribution in [2.45, 2.75) is 29.2 Å². The SMILES string of the molecule is CNC(=O)CN(C)C(=O)CSc1ccc(S(=O)(=O)N2CCCCC2)cn1. The van der Waals surface area contributed by atoms with Gasteiger partial charge in [0.15, 0.2) is 0 Å². The number of hydrogen-bond donors (Lipinski definition) is 1. The van der Waals surface area contributed by atoms with Crippen LogP contribution in [0.4, 0.5) is 0 Å². The van der Waals surface area contributed by atoms with E-state index in [1.54, 1.807) is 13.1 Å². The van der Waals surface area contributed by atoms with Gasteiger partial charge in [-0.1, -0.05) is 18.2 Å². The van der Waals surface area contributed by atoms with Crippen LogP contribution in [0.5, 0.6) is 0 Å². The molecule has 10 heteroatoms. The average molecular weight is 401 g/mol. The molecule has 8 nitrogen and oxygen atoms in total. The molecule has 0 aliphatic carbocycles. The molecule has 144 valence electrons. The number of piperidine rings is 1. The Morgan fingerprint density at radius 3 is 2.54 bits per heavy atom. The van der Waals surface area contributed by atoms with Gasteiger partial charge >= 0.3 is 0 Å². The van der Waals surface area contributed by atoms with E-state index in [-0.39, 0.29) is 29.0 Å². The Hall–Kier alpha value is -1.65. The fourth-order valence-corrected chi connectivity index (χ4v) is 4.73. The van der Waals surface area contributed by atoms with Crippen molar-refractivity contribution in [2.24, 2.45) is 0 Å². The van der Waals surface area contributed by atoms with Crippen molar-refractivity contribution in [1.82, 2.24) is 19.5 Å². The second-order valence-electron chi connectivity index (χ2n) is 6.01. The van der Waals surface area contributed by atoms with Crippen LogP contribution in [0.2, 0.25) is 0 Å². The third-order valence-electron chi connectivity index (χ3n) is 4.09. The molecule has 2 rings (SSSR count). The normalized spacial score (nSPS) is 15.5. The molecule has 1 aliphatic rings. The first-order chi connectivity index (χ1) is 12.3. The standard InChI is InChI=1S/C16H24N4O4S2/c1-17-14(21)11-19(2)16(22)12-25-15-7-6-13(10-18-15)26(23,24)20-8-4-3-5-9-20/h6-7,10H,3-5,8-9,11-12H2,1-2H3,(H,17,21). The maximum atomic E-state index is 12.6. The number of rotatable bonds is 7. The van der Waals surface area contributed by atoms with Gasteiger partial charge in [-0.2, -0.15) is 4.31 Å². The van der Waals surface area contributed by atoms with Crippen LogP contribution in [0.15, 0.2) is 28.3 Å². The highest BCUT2D eigenvalue weighted by atomic mass is 32.2. The van der Waals surface area contributed by atoms with Crippen molar-refractivity contribution in [3.8, 4) is 0 Å². The van der Waals surface area contributed by atoms with Crippen LogP contribution >= 0.6 is 11.8 Å². The molecule has 26 heavy (non-hydrogen) atoms. The molecule has 1 aromatic heterocycles. The van der Waals surface area contributed by atoms with Gasteiger partial charge in [-0.15, -0.1) is 0 Å². The van der Waals surface area contributed by atoms with E-state index in [4.69, 9.17) is 0 Å². The molecule has 0 aromatic carbocycles. The van der Waals surface area contributed by atoms with Crippen LogP contribution in [0, 0.1) is 0 Å². The fourth-order valence-electron chi connectivity index (χ4n) is 2.49. The maximum absolute atomic E-state index is 12.6. The highest BCUT2D eigenvalue weighted by Crippen LogP contribution is 2.22. The summed E-state index contributed by atoms with van der Waals surface area (Å²) in [5.74, 6) is -0.319. The summed E-state index contributed by atoms with van der Waals surface area (Å²) in [5, 5.41) is 3.02. The van der Waals surface area contributed by atoms with E-state index in [1.807, 2.05) is 0 Å². The van der Waals surface area contributed by atoms with Gasteiger partial charge < -0.3 is 10.2 Å². The van der Waals surface area contributed by atoms with Gasteiger partial charge in [0, 0.05) is 33.4 Å². The molecule has 1 saturated heterocycles. The van der Waals surface area contributed by atoms with E-state index in [1.165, 1.54) is 40.3 Å². The molecule has 0 radical (unpaired) electrons. The highest BCUT2D eigenvalue weighted by molar-refractivity contribution is 7.99.